The average Bonchev–Trinajstić information content (AvgIpc) is 2.94. The molecule has 0 radical (unpaired) electrons. The Morgan fingerprint density at radius 1 is 1.29 bits per heavy atom. The minimum absolute atomic E-state index is 0.740. The third-order valence-corrected chi connectivity index (χ3v) is 2.68. The summed E-state index contributed by atoms with van der Waals surface area (Å²) in [4.78, 5) is 7.35. The van der Waals surface area contributed by atoms with Crippen LogP contribution in [0, 0.1) is 6.92 Å². The number of fused-ring (bicyclic) bond motifs is 1. The Kier molecular flexibility index (Phi) is 2.29. The highest BCUT2D eigenvalue weighted by molar-refractivity contribution is 5.81. The highest BCUT2D eigenvalue weighted by atomic mass is 15.1. The molecule has 0 aliphatic rings. The van der Waals surface area contributed by atoms with Crippen LogP contribution < -0.4 is 5.32 Å². The number of anilines is 1. The average molecular weight is 227 g/mol. The minimum atomic E-state index is 0.740. The zero-order valence-electron chi connectivity index (χ0n) is 9.49. The Morgan fingerprint density at radius 2 is 2.24 bits per heavy atom. The second-order valence-electron chi connectivity index (χ2n) is 4.02. The molecule has 2 aromatic heterocycles. The van der Waals surface area contributed by atoms with Crippen LogP contribution in [0.2, 0.25) is 0 Å². The molecule has 3 rings (SSSR count). The van der Waals surface area contributed by atoms with Crippen LogP contribution in [0.3, 0.4) is 0 Å². The Labute approximate surface area is 98.3 Å². The zero-order chi connectivity index (χ0) is 11.7. The maximum Gasteiger partial charge on any atom is 0.103 e. The third-order valence-electron chi connectivity index (χ3n) is 2.68. The maximum absolute atomic E-state index is 4.16. The van der Waals surface area contributed by atoms with Crippen LogP contribution in [0.15, 0.2) is 30.6 Å². The van der Waals surface area contributed by atoms with E-state index in [1.54, 1.807) is 0 Å². The van der Waals surface area contributed by atoms with Gasteiger partial charge in [-0.05, 0) is 25.1 Å². The predicted molar refractivity (Wildman–Crippen MR) is 66.7 cm³/mol. The van der Waals surface area contributed by atoms with Gasteiger partial charge in [-0.2, -0.15) is 5.10 Å². The largest absolute Gasteiger partial charge is 0.379 e. The molecule has 1 aromatic carbocycles. The number of rotatable bonds is 3. The van der Waals surface area contributed by atoms with Crippen molar-refractivity contribution in [1.82, 2.24) is 20.2 Å². The molecule has 0 atom stereocenters. The van der Waals surface area contributed by atoms with Gasteiger partial charge in [-0.25, -0.2) is 4.98 Å². The first-order valence-electron chi connectivity index (χ1n) is 5.49. The molecule has 3 aromatic rings. The maximum atomic E-state index is 4.16. The molecule has 2 heterocycles. The van der Waals surface area contributed by atoms with Crippen molar-refractivity contribution in [1.29, 1.82) is 0 Å². The van der Waals surface area contributed by atoms with Crippen LogP contribution in [0.4, 0.5) is 5.69 Å². The molecule has 0 unspecified atom stereocenters. The van der Waals surface area contributed by atoms with E-state index in [0.717, 1.165) is 34.7 Å². The topological polar surface area (TPSA) is 69.4 Å². The Hall–Kier alpha value is -2.30. The molecule has 17 heavy (non-hydrogen) atoms. The van der Waals surface area contributed by atoms with Crippen LogP contribution >= 0.6 is 0 Å². The molecule has 0 amide bonds. The SMILES string of the molecule is Cc1ncc(CNc2ccc3[nH]ncc3c2)[nH]1. The first-order chi connectivity index (χ1) is 8.31. The summed E-state index contributed by atoms with van der Waals surface area (Å²) >= 11 is 0. The lowest BCUT2D eigenvalue weighted by atomic mass is 10.2. The number of aryl methyl sites for hydroxylation is 1. The van der Waals surface area contributed by atoms with E-state index >= 15 is 0 Å². The van der Waals surface area contributed by atoms with Crippen molar-refractivity contribution in [2.75, 3.05) is 5.32 Å². The van der Waals surface area contributed by atoms with Gasteiger partial charge in [-0.1, -0.05) is 0 Å². The molecule has 0 spiro atoms. The van der Waals surface area contributed by atoms with Gasteiger partial charge in [0.15, 0.2) is 0 Å². The molecule has 0 bridgehead atoms. The standard InChI is InChI=1S/C12H13N5/c1-8-13-6-11(16-8)7-14-10-2-3-12-9(4-10)5-15-17-12/h2-6,14H,7H2,1H3,(H,13,16)(H,15,17). The number of H-pyrrole nitrogens is 2. The lowest BCUT2D eigenvalue weighted by molar-refractivity contribution is 1.05. The Bertz CT molecular complexity index is 637. The van der Waals surface area contributed by atoms with Crippen molar-refractivity contribution in [3.8, 4) is 0 Å². The number of imidazole rings is 1. The van der Waals surface area contributed by atoms with Gasteiger partial charge in [0.05, 0.1) is 30.1 Å². The molecule has 5 heteroatoms. The van der Waals surface area contributed by atoms with Crippen molar-refractivity contribution in [3.05, 3.63) is 42.1 Å². The number of aromatic nitrogens is 4. The van der Waals surface area contributed by atoms with E-state index in [1.165, 1.54) is 0 Å². The van der Waals surface area contributed by atoms with Crippen LogP contribution in [0.25, 0.3) is 10.9 Å². The fourth-order valence-corrected chi connectivity index (χ4v) is 1.81. The second-order valence-corrected chi connectivity index (χ2v) is 4.02. The lowest BCUT2D eigenvalue weighted by Crippen LogP contribution is -1.99. The molecular formula is C12H13N5. The number of hydrogen-bond acceptors (Lipinski definition) is 3. The summed E-state index contributed by atoms with van der Waals surface area (Å²) in [7, 11) is 0. The molecule has 0 saturated heterocycles. The second kappa shape index (κ2) is 3.93. The smallest absolute Gasteiger partial charge is 0.103 e. The van der Waals surface area contributed by atoms with Crippen molar-refractivity contribution in [2.24, 2.45) is 0 Å². The Balaban J connectivity index is 1.76. The number of nitrogens with zero attached hydrogens (tertiary/aromatic N) is 2. The third kappa shape index (κ3) is 1.99. The summed E-state index contributed by atoms with van der Waals surface area (Å²) in [5.74, 6) is 0.937. The van der Waals surface area contributed by atoms with E-state index in [0.29, 0.717) is 0 Å². The summed E-state index contributed by atoms with van der Waals surface area (Å²) in [6.07, 6.45) is 3.67. The molecular weight excluding hydrogens is 214 g/mol. The van der Waals surface area contributed by atoms with Crippen molar-refractivity contribution in [2.45, 2.75) is 13.5 Å². The normalized spacial score (nSPS) is 10.9. The summed E-state index contributed by atoms with van der Waals surface area (Å²) in [5.41, 5.74) is 3.20. The first-order valence-corrected chi connectivity index (χ1v) is 5.49. The van der Waals surface area contributed by atoms with Gasteiger partial charge >= 0.3 is 0 Å². The first kappa shape index (κ1) is 9.89. The fraction of sp³-hybridized carbons (Fsp3) is 0.167. The van der Waals surface area contributed by atoms with E-state index in [4.69, 9.17) is 0 Å². The number of benzene rings is 1. The van der Waals surface area contributed by atoms with Crippen LogP contribution in [-0.2, 0) is 6.54 Å². The van der Waals surface area contributed by atoms with Crippen LogP contribution in [-0.4, -0.2) is 20.2 Å². The summed E-state index contributed by atoms with van der Waals surface area (Å²) < 4.78 is 0. The van der Waals surface area contributed by atoms with Gasteiger partial charge in [0.25, 0.3) is 0 Å². The molecule has 5 nitrogen and oxygen atoms in total. The Morgan fingerprint density at radius 3 is 3.06 bits per heavy atom. The van der Waals surface area contributed by atoms with Gasteiger partial charge in [-0.15, -0.1) is 0 Å². The van der Waals surface area contributed by atoms with Gasteiger partial charge in [0, 0.05) is 11.1 Å². The predicted octanol–water partition coefficient (Wildman–Crippen LogP) is 2.21. The van der Waals surface area contributed by atoms with Gasteiger partial charge < -0.3 is 10.3 Å². The molecule has 0 fully saturated rings. The highest BCUT2D eigenvalue weighted by Gasteiger charge is 1.99. The van der Waals surface area contributed by atoms with Gasteiger partial charge in [-0.3, -0.25) is 5.10 Å². The van der Waals surface area contributed by atoms with Crippen molar-refractivity contribution < 1.29 is 0 Å². The van der Waals surface area contributed by atoms with Gasteiger partial charge in [0.2, 0.25) is 0 Å². The van der Waals surface area contributed by atoms with Crippen molar-refractivity contribution >= 4 is 16.6 Å². The van der Waals surface area contributed by atoms with E-state index < -0.39 is 0 Å². The van der Waals surface area contributed by atoms with E-state index in [-0.39, 0.29) is 0 Å². The molecule has 0 aliphatic heterocycles. The zero-order valence-corrected chi connectivity index (χ0v) is 9.49. The van der Waals surface area contributed by atoms with Crippen molar-refractivity contribution in [3.63, 3.8) is 0 Å². The molecule has 86 valence electrons. The molecule has 0 aliphatic carbocycles. The molecule has 0 saturated carbocycles. The number of aromatic amines is 2. The lowest BCUT2D eigenvalue weighted by Gasteiger charge is -2.04. The van der Waals surface area contributed by atoms with E-state index in [1.807, 2.05) is 31.5 Å². The fourth-order valence-electron chi connectivity index (χ4n) is 1.81. The van der Waals surface area contributed by atoms with Gasteiger partial charge in [0.1, 0.15) is 5.82 Å². The summed E-state index contributed by atoms with van der Waals surface area (Å²) in [6.45, 7) is 2.69. The quantitative estimate of drug-likeness (QED) is 0.642. The number of nitrogens with one attached hydrogen (secondary N) is 3. The van der Waals surface area contributed by atoms with Crippen LogP contribution in [0.1, 0.15) is 11.5 Å². The van der Waals surface area contributed by atoms with E-state index in [2.05, 4.69) is 31.5 Å². The summed E-state index contributed by atoms with van der Waals surface area (Å²) in [5, 5.41) is 11.4. The van der Waals surface area contributed by atoms with Crippen LogP contribution in [0.5, 0.6) is 0 Å². The highest BCUT2D eigenvalue weighted by Crippen LogP contribution is 2.17. The number of hydrogen-bond donors (Lipinski definition) is 3. The van der Waals surface area contributed by atoms with E-state index in [9.17, 15) is 0 Å². The minimum Gasteiger partial charge on any atom is -0.379 e. The molecule has 3 N–H and O–H groups in total. The monoisotopic (exact) mass is 227 g/mol. The summed E-state index contributed by atoms with van der Waals surface area (Å²) in [6, 6.07) is 6.12.